The van der Waals surface area contributed by atoms with Gasteiger partial charge in [-0.15, -0.1) is 5.10 Å². The van der Waals surface area contributed by atoms with Crippen LogP contribution in [0.15, 0.2) is 67.8 Å². The third kappa shape index (κ3) is 4.06. The summed E-state index contributed by atoms with van der Waals surface area (Å²) in [4.78, 5) is 17.6. The lowest BCUT2D eigenvalue weighted by atomic mass is 10.2. The summed E-state index contributed by atoms with van der Waals surface area (Å²) in [6.45, 7) is 0. The number of hydrogen-bond donors (Lipinski definition) is 1. The van der Waals surface area contributed by atoms with Crippen LogP contribution in [0.25, 0.3) is 0 Å². The number of nitrogens with one attached hydrogen (secondary N) is 1. The van der Waals surface area contributed by atoms with Crippen molar-refractivity contribution in [3.8, 4) is 0 Å². The van der Waals surface area contributed by atoms with Gasteiger partial charge in [0.25, 0.3) is 5.91 Å². The summed E-state index contributed by atoms with van der Waals surface area (Å²) in [6.07, 6.45) is 0. The molecule has 3 aromatic rings. The Hall–Kier alpha value is -1.64. The summed E-state index contributed by atoms with van der Waals surface area (Å²) < 4.78 is 3.15. The molecule has 0 fully saturated rings. The molecule has 0 saturated heterocycles. The lowest BCUT2D eigenvalue weighted by Gasteiger charge is -2.10. The third-order valence-corrected chi connectivity index (χ3v) is 5.12. The predicted molar refractivity (Wildman–Crippen MR) is 101 cm³/mol. The number of benzene rings is 2. The number of carbonyl (C=O) groups is 1. The number of aromatic nitrogens is 3. The van der Waals surface area contributed by atoms with Crippen LogP contribution >= 0.6 is 43.6 Å². The quantitative estimate of drug-likeness (QED) is 0.601. The Bertz CT molecular complexity index is 880. The highest BCUT2D eigenvalue weighted by atomic mass is 79.9. The number of anilines is 1. The van der Waals surface area contributed by atoms with Crippen molar-refractivity contribution in [2.45, 2.75) is 10.1 Å². The second-order valence-electron chi connectivity index (χ2n) is 4.85. The Morgan fingerprint density at radius 1 is 1.12 bits per heavy atom. The molecule has 0 aliphatic heterocycles. The highest BCUT2D eigenvalue weighted by Crippen LogP contribution is 2.32. The van der Waals surface area contributed by atoms with Crippen molar-refractivity contribution in [1.82, 2.24) is 14.8 Å². The third-order valence-electron chi connectivity index (χ3n) is 3.14. The molecule has 0 radical (unpaired) electrons. The lowest BCUT2D eigenvalue weighted by Crippen LogP contribution is -2.12. The highest BCUT2D eigenvalue weighted by molar-refractivity contribution is 9.10. The second kappa shape index (κ2) is 7.50. The van der Waals surface area contributed by atoms with E-state index in [1.807, 2.05) is 43.4 Å². The zero-order chi connectivity index (χ0) is 17.1. The van der Waals surface area contributed by atoms with Gasteiger partial charge in [-0.1, -0.05) is 28.1 Å². The summed E-state index contributed by atoms with van der Waals surface area (Å²) in [5.74, 6) is -0.158. The normalized spacial score (nSPS) is 10.6. The van der Waals surface area contributed by atoms with Gasteiger partial charge in [0.1, 0.15) is 0 Å². The highest BCUT2D eigenvalue weighted by Gasteiger charge is 2.13. The minimum atomic E-state index is -0.158. The molecule has 0 atom stereocenters. The number of nitrogens with zero attached hydrogens (tertiary/aromatic N) is 3. The van der Waals surface area contributed by atoms with Crippen LogP contribution < -0.4 is 5.32 Å². The van der Waals surface area contributed by atoms with Crippen LogP contribution in [0.3, 0.4) is 0 Å². The molecule has 122 valence electrons. The molecule has 8 heteroatoms. The first-order valence-corrected chi connectivity index (χ1v) is 9.33. The first-order chi connectivity index (χ1) is 11.5. The maximum atomic E-state index is 12.4. The SMILES string of the molecule is Cn1nc(Br)nc1Sc1ccccc1NC(=O)c1ccc(Br)cc1. The molecule has 0 bridgehead atoms. The van der Waals surface area contributed by atoms with Gasteiger partial charge >= 0.3 is 0 Å². The first kappa shape index (κ1) is 17.2. The second-order valence-corrected chi connectivity index (χ2v) is 7.48. The summed E-state index contributed by atoms with van der Waals surface area (Å²) in [5.41, 5.74) is 1.33. The van der Waals surface area contributed by atoms with E-state index in [1.54, 1.807) is 16.8 Å². The Balaban J connectivity index is 1.82. The van der Waals surface area contributed by atoms with Crippen LogP contribution in [-0.4, -0.2) is 20.7 Å². The monoisotopic (exact) mass is 466 g/mol. The van der Waals surface area contributed by atoms with Crippen molar-refractivity contribution in [2.75, 3.05) is 5.32 Å². The molecule has 0 saturated carbocycles. The lowest BCUT2D eigenvalue weighted by molar-refractivity contribution is 0.102. The van der Waals surface area contributed by atoms with E-state index < -0.39 is 0 Å². The molecule has 0 unspecified atom stereocenters. The number of para-hydroxylation sites is 1. The van der Waals surface area contributed by atoms with Gasteiger partial charge in [0.15, 0.2) is 5.16 Å². The van der Waals surface area contributed by atoms with Crippen molar-refractivity contribution < 1.29 is 4.79 Å². The molecule has 1 N–H and O–H groups in total. The fourth-order valence-corrected chi connectivity index (χ4v) is 3.65. The molecule has 1 aromatic heterocycles. The molecule has 1 amide bonds. The molecule has 2 aromatic carbocycles. The summed E-state index contributed by atoms with van der Waals surface area (Å²) >= 11 is 8.06. The van der Waals surface area contributed by atoms with Crippen molar-refractivity contribution in [3.63, 3.8) is 0 Å². The summed E-state index contributed by atoms with van der Waals surface area (Å²) in [5, 5.41) is 7.84. The average molecular weight is 468 g/mol. The predicted octanol–water partition coefficient (Wildman–Crippen LogP) is 4.74. The Morgan fingerprint density at radius 3 is 2.50 bits per heavy atom. The van der Waals surface area contributed by atoms with E-state index in [0.717, 1.165) is 20.2 Å². The minimum absolute atomic E-state index is 0.158. The molecular weight excluding hydrogens is 456 g/mol. The van der Waals surface area contributed by atoms with E-state index >= 15 is 0 Å². The Labute approximate surface area is 160 Å². The molecular formula is C16H12Br2N4OS. The fourth-order valence-electron chi connectivity index (χ4n) is 1.98. The van der Waals surface area contributed by atoms with Crippen LogP contribution in [0.2, 0.25) is 0 Å². The van der Waals surface area contributed by atoms with Gasteiger partial charge < -0.3 is 5.32 Å². The van der Waals surface area contributed by atoms with E-state index in [0.29, 0.717) is 10.3 Å². The number of aryl methyl sites for hydroxylation is 1. The van der Waals surface area contributed by atoms with Crippen LogP contribution in [0.1, 0.15) is 10.4 Å². The van der Waals surface area contributed by atoms with Crippen molar-refractivity contribution in [2.24, 2.45) is 7.05 Å². The molecule has 3 rings (SSSR count). The van der Waals surface area contributed by atoms with Crippen LogP contribution in [0, 0.1) is 0 Å². The van der Waals surface area contributed by atoms with Gasteiger partial charge in [0.05, 0.1) is 5.69 Å². The summed E-state index contributed by atoms with van der Waals surface area (Å²) in [7, 11) is 1.82. The zero-order valence-electron chi connectivity index (χ0n) is 12.5. The Morgan fingerprint density at radius 2 is 1.83 bits per heavy atom. The van der Waals surface area contributed by atoms with Gasteiger partial charge in [0.2, 0.25) is 4.73 Å². The topological polar surface area (TPSA) is 59.8 Å². The number of hydrogen-bond acceptors (Lipinski definition) is 4. The fraction of sp³-hybridized carbons (Fsp3) is 0.0625. The first-order valence-electron chi connectivity index (χ1n) is 6.93. The van der Waals surface area contributed by atoms with Gasteiger partial charge in [0, 0.05) is 22.0 Å². The number of rotatable bonds is 4. The molecule has 24 heavy (non-hydrogen) atoms. The van der Waals surface area contributed by atoms with E-state index in [1.165, 1.54) is 11.8 Å². The van der Waals surface area contributed by atoms with Crippen LogP contribution in [-0.2, 0) is 7.05 Å². The maximum Gasteiger partial charge on any atom is 0.255 e. The standard InChI is InChI=1S/C16H12Br2N4OS/c1-22-16(20-15(18)21-22)24-13-5-3-2-4-12(13)19-14(23)10-6-8-11(17)9-7-10/h2-9H,1H3,(H,19,23). The maximum absolute atomic E-state index is 12.4. The number of amides is 1. The van der Waals surface area contributed by atoms with Crippen molar-refractivity contribution in [1.29, 1.82) is 0 Å². The molecule has 1 heterocycles. The largest absolute Gasteiger partial charge is 0.321 e. The van der Waals surface area contributed by atoms with Crippen molar-refractivity contribution in [3.05, 3.63) is 63.3 Å². The van der Waals surface area contributed by atoms with Crippen molar-refractivity contribution >= 4 is 55.2 Å². The molecule has 0 aliphatic carbocycles. The van der Waals surface area contributed by atoms with Gasteiger partial charge in [-0.25, -0.2) is 4.68 Å². The van der Waals surface area contributed by atoms with Crippen LogP contribution in [0.4, 0.5) is 5.69 Å². The average Bonchev–Trinajstić information content (AvgIpc) is 2.87. The number of halogens is 2. The minimum Gasteiger partial charge on any atom is -0.321 e. The number of carbonyl (C=O) groups excluding carboxylic acids is 1. The smallest absolute Gasteiger partial charge is 0.255 e. The zero-order valence-corrected chi connectivity index (χ0v) is 16.5. The van der Waals surface area contributed by atoms with Crippen LogP contribution in [0.5, 0.6) is 0 Å². The summed E-state index contributed by atoms with van der Waals surface area (Å²) in [6, 6.07) is 14.8. The molecule has 0 spiro atoms. The van der Waals surface area contributed by atoms with Gasteiger partial charge in [-0.2, -0.15) is 4.98 Å². The van der Waals surface area contributed by atoms with Gasteiger partial charge in [-0.05, 0) is 64.1 Å². The molecule has 5 nitrogen and oxygen atoms in total. The Kier molecular flexibility index (Phi) is 5.37. The van der Waals surface area contributed by atoms with E-state index in [4.69, 9.17) is 0 Å². The van der Waals surface area contributed by atoms with Gasteiger partial charge in [-0.3, -0.25) is 4.79 Å². The molecule has 0 aliphatic rings. The van der Waals surface area contributed by atoms with E-state index in [9.17, 15) is 4.79 Å². The van der Waals surface area contributed by atoms with E-state index in [2.05, 4.69) is 47.3 Å². The van der Waals surface area contributed by atoms with E-state index in [-0.39, 0.29) is 5.91 Å².